The Bertz CT molecular complexity index is 3100. The number of nitrogens with zero attached hydrogens (tertiary/aromatic N) is 6. The number of ether oxygens (including phenoxy) is 7. The third-order valence-electron chi connectivity index (χ3n) is 12.5. The van der Waals surface area contributed by atoms with Crippen LogP contribution < -0.4 is 27.8 Å². The summed E-state index contributed by atoms with van der Waals surface area (Å²) >= 11 is 0. The molecule has 10 N–H and O–H groups in total. The molecule has 2 amide bonds. The van der Waals surface area contributed by atoms with Gasteiger partial charge in [0.1, 0.15) is 60.6 Å². The second-order valence-electron chi connectivity index (χ2n) is 18.9. The van der Waals surface area contributed by atoms with E-state index in [-0.39, 0.29) is 60.9 Å². The van der Waals surface area contributed by atoms with Crippen molar-refractivity contribution in [2.75, 3.05) is 49.8 Å². The molecule has 434 valence electrons. The van der Waals surface area contributed by atoms with Crippen molar-refractivity contribution in [3.8, 4) is 0 Å². The molecule has 0 spiro atoms. The fourth-order valence-electron chi connectivity index (χ4n) is 8.51. The van der Waals surface area contributed by atoms with Crippen LogP contribution in [0.3, 0.4) is 0 Å². The highest BCUT2D eigenvalue weighted by molar-refractivity contribution is 7.47. The van der Waals surface area contributed by atoms with Crippen molar-refractivity contribution in [3.05, 3.63) is 101 Å². The summed E-state index contributed by atoms with van der Waals surface area (Å²) in [5.41, 5.74) is 12.4. The van der Waals surface area contributed by atoms with Crippen LogP contribution in [0.25, 0.3) is 11.2 Å². The number of aliphatic hydroxyl groups excluding tert-OH is 1. The van der Waals surface area contributed by atoms with E-state index in [9.17, 15) is 52.5 Å². The van der Waals surface area contributed by atoms with Crippen molar-refractivity contribution in [1.82, 2.24) is 34.4 Å². The molecule has 11 atom stereocenters. The fraction of sp³-hybridized carbons (Fsp3) is 0.489. The summed E-state index contributed by atoms with van der Waals surface area (Å²) in [6.07, 6.45) is -10.6. The summed E-state index contributed by atoms with van der Waals surface area (Å²) in [6.45, 7) is 1.52. The van der Waals surface area contributed by atoms with E-state index in [0.717, 1.165) is 10.9 Å². The first-order valence-electron chi connectivity index (χ1n) is 24.8. The molecule has 3 aliphatic heterocycles. The lowest BCUT2D eigenvalue weighted by atomic mass is 10.1. The molecule has 33 heteroatoms. The highest BCUT2D eigenvalue weighted by atomic mass is 31.2. The Balaban J connectivity index is 0.991. The van der Waals surface area contributed by atoms with Gasteiger partial charge in [-0.25, -0.2) is 42.9 Å². The Hall–Kier alpha value is -6.41. The van der Waals surface area contributed by atoms with E-state index in [2.05, 4.69) is 30.6 Å². The summed E-state index contributed by atoms with van der Waals surface area (Å²) in [5, 5.41) is 17.1. The van der Waals surface area contributed by atoms with Gasteiger partial charge >= 0.3 is 33.4 Å². The van der Waals surface area contributed by atoms with E-state index in [1.807, 2.05) is 13.8 Å². The molecule has 3 unspecified atom stereocenters. The Labute approximate surface area is 453 Å². The Morgan fingerprint density at radius 2 is 1.61 bits per heavy atom. The molecule has 3 fully saturated rings. The molecule has 6 heterocycles. The summed E-state index contributed by atoms with van der Waals surface area (Å²) in [7, 11) is -10.7. The molecule has 3 aliphatic rings. The van der Waals surface area contributed by atoms with E-state index in [0.29, 0.717) is 36.1 Å². The van der Waals surface area contributed by atoms with Crippen molar-refractivity contribution in [2.45, 2.75) is 108 Å². The summed E-state index contributed by atoms with van der Waals surface area (Å²) in [4.78, 5) is 99.9. The average molecular weight is 1160 g/mol. The zero-order chi connectivity index (χ0) is 57.3. The highest BCUT2D eigenvalue weighted by Crippen LogP contribution is 2.51. The van der Waals surface area contributed by atoms with Crippen molar-refractivity contribution >= 4 is 62.1 Å². The Morgan fingerprint density at radius 3 is 2.31 bits per heavy atom. The van der Waals surface area contributed by atoms with Gasteiger partial charge in [-0.3, -0.25) is 27.5 Å². The van der Waals surface area contributed by atoms with E-state index >= 15 is 0 Å². The first kappa shape index (κ1) is 59.7. The number of hydrogen-bond acceptors (Lipinski definition) is 23. The summed E-state index contributed by atoms with van der Waals surface area (Å²) in [6, 6.07) is 11.4. The van der Waals surface area contributed by atoms with Crippen molar-refractivity contribution in [3.63, 3.8) is 0 Å². The third kappa shape index (κ3) is 15.9. The second-order valence-corrected chi connectivity index (χ2v) is 21.5. The second kappa shape index (κ2) is 26.5. The van der Waals surface area contributed by atoms with Gasteiger partial charge in [-0.15, -0.1) is 0 Å². The number of phosphoric acid groups is 2. The molecule has 0 saturated carbocycles. The van der Waals surface area contributed by atoms with Gasteiger partial charge in [-0.2, -0.15) is 4.98 Å². The van der Waals surface area contributed by atoms with Gasteiger partial charge < -0.3 is 75.0 Å². The molecule has 0 bridgehead atoms. The molecule has 0 aliphatic carbocycles. The number of aromatic nitrogens is 6. The van der Waals surface area contributed by atoms with Gasteiger partial charge in [0.05, 0.1) is 32.6 Å². The molecule has 5 aromatic rings. The number of esters is 1. The Kier molecular flexibility index (Phi) is 19.7. The van der Waals surface area contributed by atoms with E-state index in [1.165, 1.54) is 47.4 Å². The van der Waals surface area contributed by atoms with Crippen LogP contribution in [0.1, 0.15) is 56.7 Å². The number of nitrogen functional groups attached to an aromatic ring is 2. The monoisotopic (exact) mass is 1160 g/mol. The van der Waals surface area contributed by atoms with Crippen molar-refractivity contribution in [2.24, 2.45) is 5.92 Å². The molecule has 30 nitrogen and oxygen atoms in total. The van der Waals surface area contributed by atoms with Gasteiger partial charge in [0.2, 0.25) is 5.91 Å². The van der Waals surface area contributed by atoms with Gasteiger partial charge in [-0.1, -0.05) is 38.1 Å². The third-order valence-corrected chi connectivity index (χ3v) is 14.0. The number of benzene rings is 2. The molecular formula is C47H59FN10O20P2. The predicted octanol–water partition coefficient (Wildman–Crippen LogP) is 2.13. The summed E-state index contributed by atoms with van der Waals surface area (Å²) < 4.78 is 98.2. The zero-order valence-electron chi connectivity index (χ0n) is 42.8. The number of fused-ring (bicyclic) bond motifs is 1. The minimum Gasteiger partial charge on any atom is -0.455 e. The van der Waals surface area contributed by atoms with Crippen LogP contribution in [-0.4, -0.2) is 149 Å². The van der Waals surface area contributed by atoms with Crippen LogP contribution >= 0.6 is 15.6 Å². The lowest BCUT2D eigenvalue weighted by Crippen LogP contribution is -2.49. The molecule has 80 heavy (non-hydrogen) atoms. The largest absolute Gasteiger partial charge is 0.472 e. The van der Waals surface area contributed by atoms with Crippen LogP contribution in [0.4, 0.5) is 26.5 Å². The SMILES string of the molecule is CC(C)CCOC[C@H](NC(=O)OCc1ccc(NC(=O)Cc2ccc(F)cc2)cc1)C(=O)O[C@@H]1C(COP(=O)(O)O[C@H]2[C@@H](OC3CCCO3)[C@H](n3ccc(N)nc3=O)O[C@@H]2COP(=O)(O)O)O[C@@H](n2cnc3c(N)ncnc32)[C@@H]1O. The number of nitrogens with two attached hydrogens (primary N) is 2. The van der Waals surface area contributed by atoms with E-state index < -0.39 is 120 Å². The smallest absolute Gasteiger partial charge is 0.455 e. The lowest BCUT2D eigenvalue weighted by molar-refractivity contribution is -0.181. The maximum absolute atomic E-state index is 14.2. The molecule has 2 aromatic carbocycles. The molecule has 8 rings (SSSR count). The number of carbonyl (C=O) groups excluding carboxylic acids is 3. The van der Waals surface area contributed by atoms with Crippen LogP contribution in [0.5, 0.6) is 0 Å². The number of nitrogens with one attached hydrogen (secondary N) is 2. The van der Waals surface area contributed by atoms with Crippen LogP contribution in [-0.2, 0) is 78.5 Å². The number of amides is 2. The number of carbonyl (C=O) groups is 3. The lowest BCUT2D eigenvalue weighted by Gasteiger charge is -2.29. The predicted molar refractivity (Wildman–Crippen MR) is 271 cm³/mol. The minimum atomic E-state index is -5.50. The van der Waals surface area contributed by atoms with Gasteiger partial charge in [0.15, 0.2) is 42.4 Å². The molecule has 3 aromatic heterocycles. The number of anilines is 3. The normalized spacial score (nSPS) is 24.2. The molecule has 0 radical (unpaired) electrons. The summed E-state index contributed by atoms with van der Waals surface area (Å²) in [5.74, 6) is -1.99. The first-order valence-corrected chi connectivity index (χ1v) is 27.9. The number of phosphoric ester groups is 2. The van der Waals surface area contributed by atoms with Gasteiger partial charge in [0.25, 0.3) is 0 Å². The molecular weight excluding hydrogens is 1110 g/mol. The van der Waals surface area contributed by atoms with Crippen LogP contribution in [0, 0.1) is 11.7 Å². The van der Waals surface area contributed by atoms with Gasteiger partial charge in [0, 0.05) is 31.5 Å². The number of imidazole rings is 1. The van der Waals surface area contributed by atoms with Crippen LogP contribution in [0.2, 0.25) is 0 Å². The minimum absolute atomic E-state index is 0.00342. The molecule has 3 saturated heterocycles. The quantitative estimate of drug-likeness (QED) is 0.0236. The van der Waals surface area contributed by atoms with Crippen LogP contribution in [0.15, 0.2) is 78.2 Å². The fourth-order valence-corrected chi connectivity index (χ4v) is 9.81. The number of halogens is 1. The Morgan fingerprint density at radius 1 is 0.900 bits per heavy atom. The van der Waals surface area contributed by atoms with Gasteiger partial charge in [-0.05, 0) is 60.2 Å². The van der Waals surface area contributed by atoms with E-state index in [4.69, 9.17) is 58.2 Å². The van der Waals surface area contributed by atoms with Crippen molar-refractivity contribution < 1.29 is 94.4 Å². The highest BCUT2D eigenvalue weighted by Gasteiger charge is 2.54. The van der Waals surface area contributed by atoms with E-state index in [1.54, 1.807) is 24.3 Å². The maximum atomic E-state index is 14.2. The number of alkyl carbamates (subject to hydrolysis) is 1. The number of aliphatic hydroxyl groups is 1. The van der Waals surface area contributed by atoms with Crippen molar-refractivity contribution in [1.29, 1.82) is 0 Å². The topological polar surface area (TPSA) is 413 Å². The number of hydrogen-bond donors (Lipinski definition) is 8. The average Bonchev–Trinajstić information content (AvgIpc) is 4.22. The number of rotatable bonds is 25. The first-order chi connectivity index (χ1) is 38.1. The maximum Gasteiger partial charge on any atom is 0.472 e. The standard InChI is InChI=1S/C47H59FN10O20P2/c1-25(2)14-17-69-20-30(55-47(63)71-19-27-7-11-29(12-8-27)54-34(59)18-26-5-9-28(48)10-6-26)45(61)77-38-31(74-43(37(38)60)58-24-53-36-41(50)51-23-52-42(36)58)22-73-80(67,68)78-39-32(21-72-79(64,65)66)75-44(40(39)76-35-4-3-16-70-35)57-15-13-33(49)56-46(57)62/h5-13,15,23-25,30-32,35,37-40,43-44,60H,3-4,14,16-22H2,1-2H3,(H,54,59)(H,55,63)(H,67,68)(H2,49,56,62)(H2,50,51,52)(H2,64,65,66)/t30-,31?,32+,35?,37+,38+,39+,40+,43+,44+/m0/s1. The zero-order valence-corrected chi connectivity index (χ0v) is 44.6.